The Bertz CT molecular complexity index is 505. The third kappa shape index (κ3) is 4.92. The Morgan fingerprint density at radius 2 is 1.90 bits per heavy atom. The molecule has 108 valence electrons. The number of carbonyl (C=O) groups is 3. The maximum atomic E-state index is 13.3. The van der Waals surface area contributed by atoms with Crippen LogP contribution in [-0.2, 0) is 16.1 Å². The molecule has 0 bridgehead atoms. The average Bonchev–Trinajstić information content (AvgIpc) is 2.35. The summed E-state index contributed by atoms with van der Waals surface area (Å²) in [6.07, 6.45) is 0. The van der Waals surface area contributed by atoms with E-state index in [2.05, 4.69) is 5.32 Å². The van der Waals surface area contributed by atoms with Gasteiger partial charge in [0.05, 0.1) is 0 Å². The van der Waals surface area contributed by atoms with E-state index in [9.17, 15) is 18.8 Å². The summed E-state index contributed by atoms with van der Waals surface area (Å²) < 4.78 is 13.3. The normalized spacial score (nSPS) is 9.85. The summed E-state index contributed by atoms with van der Waals surface area (Å²) in [5, 5.41) is 11.0. The third-order valence-electron chi connectivity index (χ3n) is 2.35. The van der Waals surface area contributed by atoms with Gasteiger partial charge in [0.25, 0.3) is 0 Å². The highest BCUT2D eigenvalue weighted by Gasteiger charge is 2.18. The Kier molecular flexibility index (Phi) is 5.45. The van der Waals surface area contributed by atoms with Gasteiger partial charge in [0.15, 0.2) is 0 Å². The van der Waals surface area contributed by atoms with E-state index < -0.39 is 36.8 Å². The minimum absolute atomic E-state index is 0.125. The Hall–Kier alpha value is -2.64. The van der Waals surface area contributed by atoms with E-state index in [-0.39, 0.29) is 12.1 Å². The van der Waals surface area contributed by atoms with Crippen molar-refractivity contribution in [3.63, 3.8) is 0 Å². The first-order valence-electron chi connectivity index (χ1n) is 5.66. The smallest absolute Gasteiger partial charge is 0.323 e. The van der Waals surface area contributed by atoms with Gasteiger partial charge in [-0.1, -0.05) is 18.2 Å². The standard InChI is InChI=1S/C12H14FN3O4/c13-9-4-2-1-3-8(9)5-15-12(20)16(6-10(14)17)7-11(18)19/h1-4H,5-7H2,(H2,14,17)(H,15,20)(H,18,19). The lowest BCUT2D eigenvalue weighted by Crippen LogP contribution is -2.46. The number of urea groups is 1. The highest BCUT2D eigenvalue weighted by molar-refractivity contribution is 5.85. The number of benzene rings is 1. The molecule has 0 aliphatic rings. The topological polar surface area (TPSA) is 113 Å². The van der Waals surface area contributed by atoms with Gasteiger partial charge in [-0.2, -0.15) is 0 Å². The van der Waals surface area contributed by atoms with Gasteiger partial charge in [0, 0.05) is 12.1 Å². The second kappa shape index (κ2) is 7.07. The summed E-state index contributed by atoms with van der Waals surface area (Å²) in [7, 11) is 0. The second-order valence-electron chi connectivity index (χ2n) is 3.97. The van der Waals surface area contributed by atoms with Gasteiger partial charge in [-0.05, 0) is 6.07 Å². The van der Waals surface area contributed by atoms with Gasteiger partial charge in [0.2, 0.25) is 5.91 Å². The van der Waals surface area contributed by atoms with Crippen LogP contribution in [-0.4, -0.2) is 41.0 Å². The summed E-state index contributed by atoms with van der Waals surface area (Å²) in [4.78, 5) is 33.8. The van der Waals surface area contributed by atoms with Crippen LogP contribution in [0.1, 0.15) is 5.56 Å². The molecule has 3 amide bonds. The van der Waals surface area contributed by atoms with Crippen molar-refractivity contribution < 1.29 is 23.9 Å². The third-order valence-corrected chi connectivity index (χ3v) is 2.35. The van der Waals surface area contributed by atoms with Crippen LogP contribution >= 0.6 is 0 Å². The Balaban J connectivity index is 2.64. The van der Waals surface area contributed by atoms with E-state index in [1.165, 1.54) is 18.2 Å². The summed E-state index contributed by atoms with van der Waals surface area (Å²) >= 11 is 0. The molecule has 0 radical (unpaired) electrons. The zero-order valence-corrected chi connectivity index (χ0v) is 10.5. The molecule has 0 spiro atoms. The molecule has 0 saturated heterocycles. The fourth-order valence-corrected chi connectivity index (χ4v) is 1.48. The molecular weight excluding hydrogens is 269 g/mol. The Morgan fingerprint density at radius 1 is 1.25 bits per heavy atom. The molecule has 0 unspecified atom stereocenters. The van der Waals surface area contributed by atoms with Crippen LogP contribution in [0.25, 0.3) is 0 Å². The summed E-state index contributed by atoms with van der Waals surface area (Å²) in [6, 6.07) is 5.01. The molecule has 8 heteroatoms. The number of carbonyl (C=O) groups excluding carboxylic acids is 2. The lowest BCUT2D eigenvalue weighted by Gasteiger charge is -2.19. The number of primary amides is 1. The molecule has 0 aromatic heterocycles. The van der Waals surface area contributed by atoms with Crippen LogP contribution in [0.4, 0.5) is 9.18 Å². The average molecular weight is 283 g/mol. The van der Waals surface area contributed by atoms with Crippen molar-refractivity contribution in [2.24, 2.45) is 5.73 Å². The van der Waals surface area contributed by atoms with Crippen LogP contribution in [0.2, 0.25) is 0 Å². The number of hydrogen-bond acceptors (Lipinski definition) is 3. The van der Waals surface area contributed by atoms with Gasteiger partial charge in [0.1, 0.15) is 18.9 Å². The zero-order valence-electron chi connectivity index (χ0n) is 10.5. The molecule has 0 aliphatic heterocycles. The Labute approximate surface area is 114 Å². The number of nitrogens with two attached hydrogens (primary N) is 1. The molecule has 1 rings (SSSR count). The molecule has 0 aliphatic carbocycles. The quantitative estimate of drug-likeness (QED) is 0.677. The largest absolute Gasteiger partial charge is 0.480 e. The van der Waals surface area contributed by atoms with E-state index in [0.717, 1.165) is 4.90 Å². The zero-order chi connectivity index (χ0) is 15.1. The summed E-state index contributed by atoms with van der Waals surface area (Å²) in [5.41, 5.74) is 5.17. The first kappa shape index (κ1) is 15.4. The van der Waals surface area contributed by atoms with Crippen LogP contribution in [0.15, 0.2) is 24.3 Å². The van der Waals surface area contributed by atoms with E-state index in [1.54, 1.807) is 6.07 Å². The first-order chi connectivity index (χ1) is 9.40. The number of carboxylic acid groups (broad SMARTS) is 1. The monoisotopic (exact) mass is 283 g/mol. The van der Waals surface area contributed by atoms with Gasteiger partial charge in [-0.3, -0.25) is 9.59 Å². The fourth-order valence-electron chi connectivity index (χ4n) is 1.48. The predicted octanol–water partition coefficient (Wildman–Crippen LogP) is -0.0928. The van der Waals surface area contributed by atoms with Crippen LogP contribution in [0, 0.1) is 5.82 Å². The van der Waals surface area contributed by atoms with Crippen molar-refractivity contribution >= 4 is 17.9 Å². The number of aliphatic carboxylic acids is 1. The van der Waals surface area contributed by atoms with Crippen LogP contribution < -0.4 is 11.1 Å². The number of nitrogens with zero attached hydrogens (tertiary/aromatic N) is 1. The van der Waals surface area contributed by atoms with Crippen molar-refractivity contribution in [3.8, 4) is 0 Å². The van der Waals surface area contributed by atoms with Crippen molar-refractivity contribution in [2.45, 2.75) is 6.54 Å². The number of halogens is 1. The van der Waals surface area contributed by atoms with Crippen LogP contribution in [0.5, 0.6) is 0 Å². The van der Waals surface area contributed by atoms with Gasteiger partial charge < -0.3 is 21.1 Å². The molecule has 0 atom stereocenters. The molecule has 0 heterocycles. The van der Waals surface area contributed by atoms with E-state index in [4.69, 9.17) is 10.8 Å². The molecule has 1 aromatic rings. The molecule has 7 nitrogen and oxygen atoms in total. The van der Waals surface area contributed by atoms with Crippen molar-refractivity contribution in [1.29, 1.82) is 0 Å². The highest BCUT2D eigenvalue weighted by atomic mass is 19.1. The highest BCUT2D eigenvalue weighted by Crippen LogP contribution is 2.05. The number of carboxylic acids is 1. The number of hydrogen-bond donors (Lipinski definition) is 3. The van der Waals surface area contributed by atoms with Crippen LogP contribution in [0.3, 0.4) is 0 Å². The van der Waals surface area contributed by atoms with E-state index in [0.29, 0.717) is 0 Å². The lowest BCUT2D eigenvalue weighted by molar-refractivity contribution is -0.137. The molecule has 0 fully saturated rings. The molecular formula is C12H14FN3O4. The second-order valence-corrected chi connectivity index (χ2v) is 3.97. The summed E-state index contributed by atoms with van der Waals surface area (Å²) in [6.45, 7) is -1.33. The Morgan fingerprint density at radius 3 is 2.45 bits per heavy atom. The maximum absolute atomic E-state index is 13.3. The number of rotatable bonds is 6. The summed E-state index contributed by atoms with van der Waals surface area (Å²) in [5.74, 6) is -2.62. The molecule has 20 heavy (non-hydrogen) atoms. The van der Waals surface area contributed by atoms with Crippen molar-refractivity contribution in [1.82, 2.24) is 10.2 Å². The molecule has 1 aromatic carbocycles. The van der Waals surface area contributed by atoms with Crippen molar-refractivity contribution in [2.75, 3.05) is 13.1 Å². The SMILES string of the molecule is NC(=O)CN(CC(=O)O)C(=O)NCc1ccccc1F. The maximum Gasteiger partial charge on any atom is 0.323 e. The molecule has 0 saturated carbocycles. The number of nitrogens with one attached hydrogen (secondary N) is 1. The van der Waals surface area contributed by atoms with E-state index in [1.807, 2.05) is 0 Å². The predicted molar refractivity (Wildman–Crippen MR) is 67.0 cm³/mol. The van der Waals surface area contributed by atoms with Gasteiger partial charge >= 0.3 is 12.0 Å². The first-order valence-corrected chi connectivity index (χ1v) is 5.66. The molecule has 4 N–H and O–H groups in total. The minimum atomic E-state index is -1.28. The fraction of sp³-hybridized carbons (Fsp3) is 0.250. The van der Waals surface area contributed by atoms with Crippen molar-refractivity contribution in [3.05, 3.63) is 35.6 Å². The van der Waals surface area contributed by atoms with Gasteiger partial charge in [-0.15, -0.1) is 0 Å². The van der Waals surface area contributed by atoms with E-state index >= 15 is 0 Å². The lowest BCUT2D eigenvalue weighted by atomic mass is 10.2. The number of amides is 3. The minimum Gasteiger partial charge on any atom is -0.480 e. The van der Waals surface area contributed by atoms with Gasteiger partial charge in [-0.25, -0.2) is 9.18 Å².